The van der Waals surface area contributed by atoms with Gasteiger partial charge in [0.2, 0.25) is 0 Å². The predicted octanol–water partition coefficient (Wildman–Crippen LogP) is 3.07. The number of hydrogen-bond acceptors (Lipinski definition) is 3. The molecule has 1 aromatic carbocycles. The van der Waals surface area contributed by atoms with Gasteiger partial charge >= 0.3 is 0 Å². The number of rotatable bonds is 4. The Bertz CT molecular complexity index is 389. The van der Waals surface area contributed by atoms with Crippen LogP contribution in [0.1, 0.15) is 18.4 Å². The molecule has 0 N–H and O–H groups in total. The fraction of sp³-hybridized carbons (Fsp3) is 0.571. The van der Waals surface area contributed by atoms with Gasteiger partial charge in [0.1, 0.15) is 5.75 Å². The van der Waals surface area contributed by atoms with E-state index in [0.717, 1.165) is 42.7 Å². The molecule has 1 aliphatic heterocycles. The largest absolute Gasteiger partial charge is 0.497 e. The Morgan fingerprint density at radius 2 is 2.00 bits per heavy atom. The van der Waals surface area contributed by atoms with E-state index in [1.165, 1.54) is 5.56 Å². The van der Waals surface area contributed by atoms with Gasteiger partial charge in [-0.3, -0.25) is 4.90 Å². The zero-order chi connectivity index (χ0) is 13.0. The predicted molar refractivity (Wildman–Crippen MR) is 76.0 cm³/mol. The van der Waals surface area contributed by atoms with Crippen LogP contribution in [0.15, 0.2) is 22.7 Å². The Morgan fingerprint density at radius 3 is 2.61 bits per heavy atom. The summed E-state index contributed by atoms with van der Waals surface area (Å²) in [4.78, 5) is 2.47. The third kappa shape index (κ3) is 3.46. The number of methoxy groups -OCH3 is 2. The Hall–Kier alpha value is -0.580. The average molecular weight is 314 g/mol. The zero-order valence-corrected chi connectivity index (χ0v) is 12.6. The molecule has 1 fully saturated rings. The molecule has 0 atom stereocenters. The Labute approximate surface area is 117 Å². The molecule has 0 spiro atoms. The molecule has 0 aromatic heterocycles. The van der Waals surface area contributed by atoms with E-state index in [0.29, 0.717) is 6.10 Å². The van der Waals surface area contributed by atoms with Crippen molar-refractivity contribution in [3.05, 3.63) is 28.2 Å². The van der Waals surface area contributed by atoms with Gasteiger partial charge in [0.05, 0.1) is 13.2 Å². The van der Waals surface area contributed by atoms with Gasteiger partial charge in [0.25, 0.3) is 0 Å². The first-order valence-corrected chi connectivity index (χ1v) is 7.10. The monoisotopic (exact) mass is 313 g/mol. The molecular weight excluding hydrogens is 294 g/mol. The Kier molecular flexibility index (Phi) is 5.03. The normalized spacial score (nSPS) is 17.9. The molecule has 18 heavy (non-hydrogen) atoms. The van der Waals surface area contributed by atoms with Crippen LogP contribution in [0, 0.1) is 0 Å². The third-order valence-corrected chi connectivity index (χ3v) is 4.29. The van der Waals surface area contributed by atoms with Gasteiger partial charge in [-0.2, -0.15) is 0 Å². The molecule has 2 rings (SSSR count). The summed E-state index contributed by atoms with van der Waals surface area (Å²) in [6.45, 7) is 3.17. The van der Waals surface area contributed by atoms with Crippen LogP contribution in [0.25, 0.3) is 0 Å². The van der Waals surface area contributed by atoms with Crippen LogP contribution in [0.3, 0.4) is 0 Å². The molecule has 1 heterocycles. The topological polar surface area (TPSA) is 21.7 Å². The summed E-state index contributed by atoms with van der Waals surface area (Å²) < 4.78 is 11.8. The summed E-state index contributed by atoms with van der Waals surface area (Å²) >= 11 is 3.61. The van der Waals surface area contributed by atoms with Crippen molar-refractivity contribution in [3.8, 4) is 5.75 Å². The lowest BCUT2D eigenvalue weighted by Gasteiger charge is -2.31. The number of nitrogens with zero attached hydrogens (tertiary/aromatic N) is 1. The fourth-order valence-electron chi connectivity index (χ4n) is 2.34. The SMILES string of the molecule is COc1ccc(Br)c(CN2CCC(OC)CC2)c1. The molecule has 0 bridgehead atoms. The van der Waals surface area contributed by atoms with Gasteiger partial charge in [-0.25, -0.2) is 0 Å². The smallest absolute Gasteiger partial charge is 0.119 e. The van der Waals surface area contributed by atoms with Crippen molar-refractivity contribution in [2.75, 3.05) is 27.3 Å². The van der Waals surface area contributed by atoms with E-state index in [4.69, 9.17) is 9.47 Å². The van der Waals surface area contributed by atoms with E-state index in [9.17, 15) is 0 Å². The Balaban J connectivity index is 1.97. The lowest BCUT2D eigenvalue weighted by molar-refractivity contribution is 0.0388. The quantitative estimate of drug-likeness (QED) is 0.852. The number of halogens is 1. The second kappa shape index (κ2) is 6.55. The molecule has 0 amide bonds. The van der Waals surface area contributed by atoms with Gasteiger partial charge in [-0.1, -0.05) is 15.9 Å². The van der Waals surface area contributed by atoms with E-state index < -0.39 is 0 Å². The second-order valence-electron chi connectivity index (χ2n) is 4.67. The first-order chi connectivity index (χ1) is 8.72. The van der Waals surface area contributed by atoms with Gasteiger partial charge in [-0.05, 0) is 36.6 Å². The molecule has 0 saturated carbocycles. The van der Waals surface area contributed by atoms with Crippen LogP contribution in [0.4, 0.5) is 0 Å². The zero-order valence-electron chi connectivity index (χ0n) is 11.0. The Morgan fingerprint density at radius 1 is 1.28 bits per heavy atom. The highest BCUT2D eigenvalue weighted by Crippen LogP contribution is 2.25. The van der Waals surface area contributed by atoms with Gasteiger partial charge in [-0.15, -0.1) is 0 Å². The summed E-state index contributed by atoms with van der Waals surface area (Å²) in [5.74, 6) is 0.917. The van der Waals surface area contributed by atoms with E-state index in [1.807, 2.05) is 6.07 Å². The van der Waals surface area contributed by atoms with Crippen LogP contribution in [0.5, 0.6) is 5.75 Å². The minimum Gasteiger partial charge on any atom is -0.497 e. The summed E-state index contributed by atoms with van der Waals surface area (Å²) in [6.07, 6.45) is 2.69. The number of ether oxygens (including phenoxy) is 2. The third-order valence-electron chi connectivity index (χ3n) is 3.51. The highest BCUT2D eigenvalue weighted by atomic mass is 79.9. The van der Waals surface area contributed by atoms with E-state index in [-0.39, 0.29) is 0 Å². The van der Waals surface area contributed by atoms with Crippen molar-refractivity contribution in [2.24, 2.45) is 0 Å². The van der Waals surface area contributed by atoms with E-state index >= 15 is 0 Å². The van der Waals surface area contributed by atoms with Crippen LogP contribution in [-0.2, 0) is 11.3 Å². The molecule has 0 unspecified atom stereocenters. The highest BCUT2D eigenvalue weighted by molar-refractivity contribution is 9.10. The number of benzene rings is 1. The first kappa shape index (κ1) is 13.8. The van der Waals surface area contributed by atoms with Gasteiger partial charge in [0.15, 0.2) is 0 Å². The molecule has 1 aromatic rings. The van der Waals surface area contributed by atoms with Crippen molar-refractivity contribution in [2.45, 2.75) is 25.5 Å². The van der Waals surface area contributed by atoms with Crippen molar-refractivity contribution >= 4 is 15.9 Å². The highest BCUT2D eigenvalue weighted by Gasteiger charge is 2.19. The summed E-state index contributed by atoms with van der Waals surface area (Å²) in [6, 6.07) is 6.13. The lowest BCUT2D eigenvalue weighted by Crippen LogP contribution is -2.36. The maximum absolute atomic E-state index is 5.39. The summed E-state index contributed by atoms with van der Waals surface area (Å²) in [5.41, 5.74) is 1.28. The minimum atomic E-state index is 0.440. The fourth-order valence-corrected chi connectivity index (χ4v) is 2.72. The molecule has 4 heteroatoms. The van der Waals surface area contributed by atoms with Crippen LogP contribution < -0.4 is 4.74 Å². The molecular formula is C14H20BrNO2. The standard InChI is InChI=1S/C14H20BrNO2/c1-17-12-5-7-16(8-6-12)10-11-9-13(18-2)3-4-14(11)15/h3-4,9,12H,5-8,10H2,1-2H3. The molecule has 100 valence electrons. The maximum atomic E-state index is 5.39. The number of likely N-dealkylation sites (tertiary alicyclic amines) is 1. The lowest BCUT2D eigenvalue weighted by atomic mass is 10.1. The molecule has 1 aliphatic rings. The van der Waals surface area contributed by atoms with Gasteiger partial charge < -0.3 is 9.47 Å². The summed E-state index contributed by atoms with van der Waals surface area (Å²) in [5, 5.41) is 0. The van der Waals surface area contributed by atoms with Crippen molar-refractivity contribution < 1.29 is 9.47 Å². The summed E-state index contributed by atoms with van der Waals surface area (Å²) in [7, 11) is 3.51. The van der Waals surface area contributed by atoms with Crippen LogP contribution in [0.2, 0.25) is 0 Å². The van der Waals surface area contributed by atoms with E-state index in [1.54, 1.807) is 14.2 Å². The average Bonchev–Trinajstić information content (AvgIpc) is 2.42. The van der Waals surface area contributed by atoms with Crippen LogP contribution >= 0.6 is 15.9 Å². The van der Waals surface area contributed by atoms with Gasteiger partial charge in [0, 0.05) is 31.2 Å². The minimum absolute atomic E-state index is 0.440. The maximum Gasteiger partial charge on any atom is 0.119 e. The number of piperidine rings is 1. The van der Waals surface area contributed by atoms with Crippen LogP contribution in [-0.4, -0.2) is 38.3 Å². The molecule has 0 radical (unpaired) electrons. The van der Waals surface area contributed by atoms with Crippen molar-refractivity contribution in [1.29, 1.82) is 0 Å². The number of hydrogen-bond donors (Lipinski definition) is 0. The van der Waals surface area contributed by atoms with Crippen molar-refractivity contribution in [3.63, 3.8) is 0 Å². The molecule has 1 saturated heterocycles. The second-order valence-corrected chi connectivity index (χ2v) is 5.52. The first-order valence-electron chi connectivity index (χ1n) is 6.30. The van der Waals surface area contributed by atoms with Crippen molar-refractivity contribution in [1.82, 2.24) is 4.90 Å². The van der Waals surface area contributed by atoms with E-state index in [2.05, 4.69) is 33.0 Å². The molecule has 3 nitrogen and oxygen atoms in total. The molecule has 0 aliphatic carbocycles.